The predicted molar refractivity (Wildman–Crippen MR) is 93.7 cm³/mol. The summed E-state index contributed by atoms with van der Waals surface area (Å²) in [6, 6.07) is 7.19. The van der Waals surface area contributed by atoms with Gasteiger partial charge in [-0.05, 0) is 30.5 Å². The molecule has 0 radical (unpaired) electrons. The smallest absolute Gasteiger partial charge is 0.231 e. The van der Waals surface area contributed by atoms with Crippen LogP contribution in [0.2, 0.25) is 0 Å². The zero-order valence-corrected chi connectivity index (χ0v) is 14.4. The lowest BCUT2D eigenvalue weighted by molar-refractivity contribution is -0.0438. The van der Waals surface area contributed by atoms with Gasteiger partial charge in [-0.1, -0.05) is 0 Å². The monoisotopic (exact) mass is 369 g/mol. The van der Waals surface area contributed by atoms with E-state index in [0.29, 0.717) is 24.5 Å². The Morgan fingerprint density at radius 3 is 2.81 bits per heavy atom. The second-order valence-corrected chi connectivity index (χ2v) is 5.61. The highest BCUT2D eigenvalue weighted by atomic mass is 19.1. The van der Waals surface area contributed by atoms with Crippen molar-refractivity contribution in [3.05, 3.63) is 59.3 Å². The van der Waals surface area contributed by atoms with Crippen molar-refractivity contribution < 1.29 is 18.7 Å². The van der Waals surface area contributed by atoms with Gasteiger partial charge < -0.3 is 15.2 Å². The van der Waals surface area contributed by atoms with Crippen molar-refractivity contribution in [1.29, 1.82) is 5.26 Å². The van der Waals surface area contributed by atoms with Gasteiger partial charge in [-0.25, -0.2) is 9.38 Å². The molecule has 0 spiro atoms. The molecule has 0 bridgehead atoms. The highest BCUT2D eigenvalue weighted by Gasteiger charge is 2.23. The first kappa shape index (κ1) is 18.4. The Bertz CT molecular complexity index is 968. The average Bonchev–Trinajstić information content (AvgIpc) is 3.31. The molecule has 0 aliphatic carbocycles. The molecule has 1 aromatic heterocycles. The van der Waals surface area contributed by atoms with Crippen LogP contribution in [-0.2, 0) is 16.5 Å². The van der Waals surface area contributed by atoms with Crippen molar-refractivity contribution in [3.8, 4) is 6.07 Å². The topological polar surface area (TPSA) is 116 Å². The molecule has 0 saturated carbocycles. The first-order valence-electron chi connectivity index (χ1n) is 8.02. The number of nitrogens with two attached hydrogens (primary N) is 1. The second-order valence-electron chi connectivity index (χ2n) is 5.61. The number of benzene rings is 1. The normalized spacial score (nSPS) is 15.4. The number of nitriles is 1. The maximum Gasteiger partial charge on any atom is 0.231 e. The Balaban J connectivity index is 2.03. The molecule has 9 heteroatoms. The molecule has 1 aromatic carbocycles. The third-order valence-corrected chi connectivity index (χ3v) is 3.82. The molecule has 1 aliphatic rings. The van der Waals surface area contributed by atoms with Crippen LogP contribution >= 0.6 is 0 Å². The summed E-state index contributed by atoms with van der Waals surface area (Å²) in [6.07, 6.45) is 1.71. The molecule has 0 unspecified atom stereocenters. The van der Waals surface area contributed by atoms with E-state index in [9.17, 15) is 9.18 Å². The third-order valence-electron chi connectivity index (χ3n) is 3.82. The van der Waals surface area contributed by atoms with Gasteiger partial charge in [0.25, 0.3) is 0 Å². The fraction of sp³-hybridized carbons (Fsp3) is 0.222. The summed E-state index contributed by atoms with van der Waals surface area (Å²) in [5.74, 6) is -1.01. The lowest BCUT2D eigenvalue weighted by Crippen LogP contribution is -2.14. The van der Waals surface area contributed by atoms with Crippen LogP contribution in [0.4, 0.5) is 10.1 Å². The number of allylic oxidation sites excluding steroid dienone is 1. The lowest BCUT2D eigenvalue weighted by atomic mass is 10.1. The molecule has 8 nitrogen and oxygen atoms in total. The van der Waals surface area contributed by atoms with Gasteiger partial charge in [0.15, 0.2) is 6.29 Å². The van der Waals surface area contributed by atoms with Crippen LogP contribution in [0.1, 0.15) is 28.0 Å². The van der Waals surface area contributed by atoms with Crippen LogP contribution in [0.5, 0.6) is 0 Å². The van der Waals surface area contributed by atoms with Crippen LogP contribution in [0.3, 0.4) is 0 Å². The molecule has 1 aliphatic heterocycles. The highest BCUT2D eigenvalue weighted by molar-refractivity contribution is 6.49. The minimum atomic E-state index is -0.766. The summed E-state index contributed by atoms with van der Waals surface area (Å²) in [7, 11) is 1.55. The van der Waals surface area contributed by atoms with Gasteiger partial charge in [-0.2, -0.15) is 10.4 Å². The van der Waals surface area contributed by atoms with E-state index in [0.717, 1.165) is 6.20 Å². The van der Waals surface area contributed by atoms with Crippen LogP contribution in [0, 0.1) is 17.1 Å². The van der Waals surface area contributed by atoms with Crippen LogP contribution in [-0.4, -0.2) is 34.5 Å². The minimum absolute atomic E-state index is 0.0223. The van der Waals surface area contributed by atoms with E-state index in [1.54, 1.807) is 7.05 Å². The number of carbonyl (C=O) groups excluding carboxylic acids is 1. The quantitative estimate of drug-likeness (QED) is 0.636. The molecule has 138 valence electrons. The van der Waals surface area contributed by atoms with Gasteiger partial charge >= 0.3 is 0 Å². The number of hydrogen-bond donors (Lipinski definition) is 1. The number of nitrogens with zero attached hydrogens (tertiary/aromatic N) is 4. The number of Topliss-reactive ketones (excluding diaryl/α,β-unsaturated/α-hetero) is 1. The summed E-state index contributed by atoms with van der Waals surface area (Å²) in [5.41, 5.74) is 6.36. The van der Waals surface area contributed by atoms with Crippen LogP contribution in [0.15, 0.2) is 41.5 Å². The van der Waals surface area contributed by atoms with E-state index >= 15 is 0 Å². The maximum atomic E-state index is 13.7. The lowest BCUT2D eigenvalue weighted by Gasteiger charge is -2.12. The van der Waals surface area contributed by atoms with Gasteiger partial charge in [0, 0.05) is 18.7 Å². The molecule has 2 aromatic rings. The Hall–Kier alpha value is -3.35. The van der Waals surface area contributed by atoms with E-state index in [1.807, 2.05) is 6.07 Å². The predicted octanol–water partition coefficient (Wildman–Crippen LogP) is 1.90. The standard InChI is InChI=1S/C18H16FN5O3/c1-24-12(10-21)9-16(23-24)17(25)15(4-5-20)22-14-3-2-11(19)8-13(14)18-26-6-7-27-18/h2-5,8-9,18H,6-7,20H2,1H3. The molecule has 2 heterocycles. The summed E-state index contributed by atoms with van der Waals surface area (Å²) in [5, 5.41) is 13.0. The Morgan fingerprint density at radius 1 is 1.44 bits per heavy atom. The van der Waals surface area contributed by atoms with Gasteiger partial charge in [0.1, 0.15) is 29.0 Å². The van der Waals surface area contributed by atoms with E-state index in [2.05, 4.69) is 10.1 Å². The Labute approximate surface area is 154 Å². The van der Waals surface area contributed by atoms with Crippen molar-refractivity contribution in [2.75, 3.05) is 13.2 Å². The summed E-state index contributed by atoms with van der Waals surface area (Å²) in [4.78, 5) is 17.1. The average molecular weight is 369 g/mol. The van der Waals surface area contributed by atoms with Crippen molar-refractivity contribution in [2.45, 2.75) is 6.29 Å². The zero-order valence-electron chi connectivity index (χ0n) is 14.4. The van der Waals surface area contributed by atoms with Gasteiger partial charge in [-0.3, -0.25) is 9.48 Å². The number of halogens is 1. The molecular formula is C18H16FN5O3. The van der Waals surface area contributed by atoms with E-state index < -0.39 is 17.9 Å². The molecule has 0 amide bonds. The molecule has 2 N–H and O–H groups in total. The fourth-order valence-electron chi connectivity index (χ4n) is 2.55. The molecular weight excluding hydrogens is 353 g/mol. The van der Waals surface area contributed by atoms with Gasteiger partial charge in [-0.15, -0.1) is 0 Å². The third kappa shape index (κ3) is 3.92. The van der Waals surface area contributed by atoms with Gasteiger partial charge in [0.2, 0.25) is 5.78 Å². The number of aliphatic imine (C=N–C) groups is 1. The van der Waals surface area contributed by atoms with Crippen molar-refractivity contribution in [2.24, 2.45) is 17.8 Å². The highest BCUT2D eigenvalue weighted by Crippen LogP contribution is 2.32. The molecule has 1 fully saturated rings. The second kappa shape index (κ2) is 7.90. The fourth-order valence-corrected chi connectivity index (χ4v) is 2.55. The van der Waals surface area contributed by atoms with Crippen LogP contribution in [0.25, 0.3) is 0 Å². The molecule has 27 heavy (non-hydrogen) atoms. The number of ketones is 1. The first-order valence-corrected chi connectivity index (χ1v) is 8.02. The van der Waals surface area contributed by atoms with Gasteiger partial charge in [0.05, 0.1) is 18.9 Å². The molecule has 0 atom stereocenters. The number of carbonyl (C=O) groups is 1. The van der Waals surface area contributed by atoms with E-state index in [1.165, 1.54) is 35.0 Å². The number of ether oxygens (including phenoxy) is 2. The van der Waals surface area contributed by atoms with Crippen molar-refractivity contribution in [3.63, 3.8) is 0 Å². The number of aryl methyl sites for hydroxylation is 1. The van der Waals surface area contributed by atoms with Crippen LogP contribution < -0.4 is 5.73 Å². The first-order chi connectivity index (χ1) is 13.0. The molecule has 1 saturated heterocycles. The summed E-state index contributed by atoms with van der Waals surface area (Å²) < 4.78 is 25.8. The minimum Gasteiger partial charge on any atom is -0.405 e. The molecule has 3 rings (SSSR count). The summed E-state index contributed by atoms with van der Waals surface area (Å²) >= 11 is 0. The maximum absolute atomic E-state index is 13.7. The number of rotatable bonds is 5. The Kier molecular flexibility index (Phi) is 5.40. The SMILES string of the molecule is Cn1nc(C(=O)C(C=CN)=Nc2ccc(F)cc2C2OCCO2)cc1C#N. The van der Waals surface area contributed by atoms with E-state index in [-0.39, 0.29) is 17.1 Å². The summed E-state index contributed by atoms with van der Waals surface area (Å²) in [6.45, 7) is 0.757. The number of aromatic nitrogens is 2. The number of hydrogen-bond acceptors (Lipinski definition) is 7. The van der Waals surface area contributed by atoms with Crippen molar-refractivity contribution in [1.82, 2.24) is 9.78 Å². The Morgan fingerprint density at radius 2 is 2.19 bits per heavy atom. The zero-order chi connectivity index (χ0) is 19.4. The van der Waals surface area contributed by atoms with E-state index in [4.69, 9.17) is 20.5 Å². The van der Waals surface area contributed by atoms with Crippen molar-refractivity contribution >= 4 is 17.2 Å². The largest absolute Gasteiger partial charge is 0.405 e.